The predicted octanol–water partition coefficient (Wildman–Crippen LogP) is 4.53. The highest BCUT2D eigenvalue weighted by atomic mass is 32.1. The highest BCUT2D eigenvalue weighted by Crippen LogP contribution is 2.43. The molecule has 0 radical (unpaired) electrons. The molecular weight excluding hydrogens is 577 g/mol. The van der Waals surface area contributed by atoms with Crippen LogP contribution in [0, 0.1) is 23.0 Å². The molecule has 2 bridgehead atoms. The molecule has 0 aliphatic carbocycles. The lowest BCUT2D eigenvalue weighted by Gasteiger charge is -2.34. The molecule has 0 spiro atoms. The van der Waals surface area contributed by atoms with Gasteiger partial charge in [-0.25, -0.2) is 18.2 Å². The van der Waals surface area contributed by atoms with Gasteiger partial charge in [0, 0.05) is 54.7 Å². The summed E-state index contributed by atoms with van der Waals surface area (Å²) in [5, 5.41) is 14.3. The molecule has 4 saturated heterocycles. The molecule has 222 valence electrons. The number of nitrogens with one attached hydrogen (secondary N) is 1. The largest absolute Gasteiger partial charge is 0.461 e. The van der Waals surface area contributed by atoms with Gasteiger partial charge in [0.25, 0.3) is 0 Å². The Morgan fingerprint density at radius 1 is 1.14 bits per heavy atom. The number of piperazine rings is 1. The molecule has 8 rings (SSSR count). The van der Waals surface area contributed by atoms with Crippen LogP contribution in [0.5, 0.6) is 6.01 Å². The molecule has 4 aromatic rings. The van der Waals surface area contributed by atoms with Crippen molar-refractivity contribution in [2.24, 2.45) is 0 Å². The van der Waals surface area contributed by atoms with Crippen molar-refractivity contribution in [1.82, 2.24) is 25.2 Å². The van der Waals surface area contributed by atoms with E-state index >= 15 is 4.39 Å². The monoisotopic (exact) mass is 606 g/mol. The first-order valence-electron chi connectivity index (χ1n) is 14.6. The summed E-state index contributed by atoms with van der Waals surface area (Å²) in [7, 11) is 0. The van der Waals surface area contributed by atoms with Crippen LogP contribution in [-0.4, -0.2) is 76.4 Å². The Kier molecular flexibility index (Phi) is 6.19. The Hall–Kier alpha value is -3.73. The molecule has 2 aromatic heterocycles. The molecule has 4 aliphatic heterocycles. The summed E-state index contributed by atoms with van der Waals surface area (Å²) >= 11 is 0.964. The number of hydrogen-bond acceptors (Lipinski definition) is 10. The third kappa shape index (κ3) is 4.29. The molecule has 43 heavy (non-hydrogen) atoms. The summed E-state index contributed by atoms with van der Waals surface area (Å²) in [6.07, 6.45) is 3.33. The Labute approximate surface area is 249 Å². The fourth-order valence-corrected chi connectivity index (χ4v) is 8.42. The number of nitrogens with two attached hydrogens (primary N) is 1. The zero-order valence-corrected chi connectivity index (χ0v) is 24.1. The Morgan fingerprint density at radius 3 is 2.74 bits per heavy atom. The second-order valence-electron chi connectivity index (χ2n) is 12.2. The first-order valence-corrected chi connectivity index (χ1v) is 15.5. The van der Waals surface area contributed by atoms with Crippen LogP contribution in [0.2, 0.25) is 0 Å². The van der Waals surface area contributed by atoms with Gasteiger partial charge in [0.2, 0.25) is 0 Å². The van der Waals surface area contributed by atoms with E-state index < -0.39 is 23.3 Å². The fourth-order valence-electron chi connectivity index (χ4n) is 7.66. The van der Waals surface area contributed by atoms with Gasteiger partial charge >= 0.3 is 6.01 Å². The third-order valence-corrected chi connectivity index (χ3v) is 10.4. The number of rotatable bonds is 5. The number of ether oxygens (including phenoxy) is 1. The molecule has 4 atom stereocenters. The van der Waals surface area contributed by atoms with E-state index in [0.717, 1.165) is 43.6 Å². The molecule has 9 nitrogen and oxygen atoms in total. The van der Waals surface area contributed by atoms with E-state index in [2.05, 4.69) is 31.2 Å². The summed E-state index contributed by atoms with van der Waals surface area (Å²) in [5.74, 6) is -0.771. The first-order chi connectivity index (χ1) is 20.8. The average Bonchev–Trinajstić information content (AvgIpc) is 3.74. The number of alkyl halides is 1. The van der Waals surface area contributed by atoms with E-state index in [0.29, 0.717) is 37.3 Å². The Bertz CT molecular complexity index is 1820. The summed E-state index contributed by atoms with van der Waals surface area (Å²) in [5.41, 5.74) is 5.93. The first kappa shape index (κ1) is 26.9. The number of aromatic nitrogens is 3. The average molecular weight is 607 g/mol. The Balaban J connectivity index is 1.29. The maximum atomic E-state index is 16.8. The van der Waals surface area contributed by atoms with Gasteiger partial charge in [-0.2, -0.15) is 15.2 Å². The minimum absolute atomic E-state index is 0.00359. The van der Waals surface area contributed by atoms with Crippen molar-refractivity contribution in [2.75, 3.05) is 43.4 Å². The van der Waals surface area contributed by atoms with Crippen molar-refractivity contribution in [3.8, 4) is 23.2 Å². The van der Waals surface area contributed by atoms with Crippen LogP contribution in [0.3, 0.4) is 0 Å². The number of halogens is 3. The molecule has 13 heteroatoms. The predicted molar refractivity (Wildman–Crippen MR) is 158 cm³/mol. The lowest BCUT2D eigenvalue weighted by molar-refractivity contribution is 0.107. The Morgan fingerprint density at radius 2 is 1.95 bits per heavy atom. The number of nitrogen functional groups attached to an aromatic ring is 1. The van der Waals surface area contributed by atoms with Crippen LogP contribution in [0.4, 0.5) is 24.1 Å². The van der Waals surface area contributed by atoms with E-state index in [1.807, 2.05) is 0 Å². The fraction of sp³-hybridized carbons (Fsp3) is 0.467. The van der Waals surface area contributed by atoms with Gasteiger partial charge in [-0.05, 0) is 50.4 Å². The van der Waals surface area contributed by atoms with Gasteiger partial charge in [-0.3, -0.25) is 4.90 Å². The molecule has 4 fully saturated rings. The van der Waals surface area contributed by atoms with E-state index in [1.165, 1.54) is 12.1 Å². The highest BCUT2D eigenvalue weighted by Gasteiger charge is 2.49. The van der Waals surface area contributed by atoms with Crippen molar-refractivity contribution in [3.05, 3.63) is 35.4 Å². The van der Waals surface area contributed by atoms with Gasteiger partial charge in [0.05, 0.1) is 27.4 Å². The zero-order valence-electron chi connectivity index (χ0n) is 23.2. The number of fused-ring (bicyclic) bond motifs is 5. The highest BCUT2D eigenvalue weighted by molar-refractivity contribution is 7.22. The number of nitriles is 1. The van der Waals surface area contributed by atoms with Gasteiger partial charge in [0.15, 0.2) is 10.9 Å². The van der Waals surface area contributed by atoms with Crippen LogP contribution in [-0.2, 0) is 0 Å². The molecular formula is C30H29F3N8OS. The van der Waals surface area contributed by atoms with Gasteiger partial charge in [-0.15, -0.1) is 0 Å². The van der Waals surface area contributed by atoms with Crippen LogP contribution < -0.4 is 20.7 Å². The zero-order chi connectivity index (χ0) is 29.5. The minimum atomic E-state index is -0.912. The summed E-state index contributed by atoms with van der Waals surface area (Å²) in [4.78, 5) is 17.9. The normalized spacial score (nSPS) is 26.8. The molecule has 2 unspecified atom stereocenters. The molecule has 6 heterocycles. The summed E-state index contributed by atoms with van der Waals surface area (Å²) in [6.45, 7) is 2.75. The summed E-state index contributed by atoms with van der Waals surface area (Å²) < 4.78 is 52.3. The maximum absolute atomic E-state index is 16.8. The topological polar surface area (TPSA) is 116 Å². The van der Waals surface area contributed by atoms with Crippen molar-refractivity contribution in [2.45, 2.75) is 55.9 Å². The van der Waals surface area contributed by atoms with Crippen molar-refractivity contribution in [1.29, 1.82) is 5.26 Å². The van der Waals surface area contributed by atoms with Crippen LogP contribution >= 0.6 is 11.3 Å². The van der Waals surface area contributed by atoms with E-state index in [4.69, 9.17) is 15.5 Å². The quantitative estimate of drug-likeness (QED) is 0.338. The molecule has 4 aliphatic rings. The SMILES string of the molecule is N#Cc1cc2c(N3CC4CCC(C3)N4)nc(OC[C@@]34CCCN3C[C@H](F)C4)nc2c(F)c1-c1ccc(F)c2sc(N)nc12. The standard InChI is InChI=1S/C30H29F3N8OS/c31-16-9-30(6-1-7-41(30)11-16)14-42-29-38-24-20(27(39-29)40-12-17-2-3-18(13-40)36-17)8-15(10-34)22(23(24)33)19-4-5-21(32)26-25(19)37-28(35)43-26/h4-5,8,16-18,36H,1-3,6-7,9,11-14H2,(H2,35,37)/t16-,17?,18?,30+/m1/s1. The third-order valence-electron chi connectivity index (χ3n) is 9.54. The smallest absolute Gasteiger partial charge is 0.319 e. The van der Waals surface area contributed by atoms with Crippen LogP contribution in [0.25, 0.3) is 32.2 Å². The molecule has 0 amide bonds. The van der Waals surface area contributed by atoms with E-state index in [9.17, 15) is 14.0 Å². The van der Waals surface area contributed by atoms with Crippen LogP contribution in [0.15, 0.2) is 18.2 Å². The second-order valence-corrected chi connectivity index (χ2v) is 13.2. The van der Waals surface area contributed by atoms with Crippen molar-refractivity contribution >= 4 is 43.4 Å². The van der Waals surface area contributed by atoms with Gasteiger partial charge in [0.1, 0.15) is 29.9 Å². The number of nitrogens with zero attached hydrogens (tertiary/aromatic N) is 6. The van der Waals surface area contributed by atoms with Crippen LogP contribution in [0.1, 0.15) is 37.7 Å². The number of anilines is 2. The molecule has 2 aromatic carbocycles. The van der Waals surface area contributed by atoms with E-state index in [1.54, 1.807) is 6.07 Å². The van der Waals surface area contributed by atoms with Gasteiger partial charge < -0.3 is 20.7 Å². The van der Waals surface area contributed by atoms with Crippen molar-refractivity contribution in [3.63, 3.8) is 0 Å². The number of benzene rings is 2. The van der Waals surface area contributed by atoms with Crippen molar-refractivity contribution < 1.29 is 17.9 Å². The molecule has 3 N–H and O–H groups in total. The lowest BCUT2D eigenvalue weighted by Crippen LogP contribution is -2.51. The number of hydrogen-bond donors (Lipinski definition) is 2. The summed E-state index contributed by atoms with van der Waals surface area (Å²) in [6, 6.07) is 6.94. The van der Waals surface area contributed by atoms with E-state index in [-0.39, 0.29) is 62.3 Å². The lowest BCUT2D eigenvalue weighted by atomic mass is 9.95. The minimum Gasteiger partial charge on any atom is -0.461 e. The van der Waals surface area contributed by atoms with Gasteiger partial charge in [-0.1, -0.05) is 11.3 Å². The number of thiazole rings is 1. The molecule has 0 saturated carbocycles. The second kappa shape index (κ2) is 9.90. The maximum Gasteiger partial charge on any atom is 0.319 e.